The molecule has 2 heterocycles. The van der Waals surface area contributed by atoms with Crippen LogP contribution >= 0.6 is 0 Å². The van der Waals surface area contributed by atoms with E-state index in [1.54, 1.807) is 4.90 Å². The van der Waals surface area contributed by atoms with E-state index in [0.717, 1.165) is 36.2 Å². The molecule has 0 unspecified atom stereocenters. The van der Waals surface area contributed by atoms with E-state index < -0.39 is 11.6 Å². The summed E-state index contributed by atoms with van der Waals surface area (Å²) in [6.45, 7) is 0.623. The number of nitrogens with zero attached hydrogens (tertiary/aromatic N) is 3. The lowest BCUT2D eigenvalue weighted by Crippen LogP contribution is -2.36. The molecule has 0 radical (unpaired) electrons. The first kappa shape index (κ1) is 17.1. The molecule has 5 nitrogen and oxygen atoms in total. The van der Waals surface area contributed by atoms with E-state index in [-0.39, 0.29) is 23.1 Å². The predicted octanol–water partition coefficient (Wildman–Crippen LogP) is 4.09. The van der Waals surface area contributed by atoms with E-state index in [2.05, 4.69) is 15.3 Å². The third kappa shape index (κ3) is 3.48. The summed E-state index contributed by atoms with van der Waals surface area (Å²) in [6, 6.07) is 11.0. The van der Waals surface area contributed by atoms with Crippen molar-refractivity contribution in [3.63, 3.8) is 0 Å². The number of benzene rings is 2. The summed E-state index contributed by atoms with van der Waals surface area (Å²) in [5.74, 6) is -1.36. The van der Waals surface area contributed by atoms with Crippen LogP contribution < -0.4 is 10.2 Å². The van der Waals surface area contributed by atoms with Crippen molar-refractivity contribution in [2.75, 3.05) is 16.8 Å². The average Bonchev–Trinajstić information content (AvgIpc) is 2.70. The number of halogens is 2. The summed E-state index contributed by atoms with van der Waals surface area (Å²) in [5.41, 5.74) is 2.31. The van der Waals surface area contributed by atoms with Crippen LogP contribution in [0.5, 0.6) is 0 Å². The van der Waals surface area contributed by atoms with Crippen molar-refractivity contribution in [3.8, 4) is 0 Å². The molecule has 1 N–H and O–H groups in total. The number of hydrogen-bond acceptors (Lipinski definition) is 4. The highest BCUT2D eigenvalue weighted by molar-refractivity contribution is 6.05. The molecular formula is C20H16F2N4O. The molecule has 1 amide bonds. The Kier molecular flexibility index (Phi) is 4.50. The van der Waals surface area contributed by atoms with Gasteiger partial charge >= 0.3 is 0 Å². The first-order valence-corrected chi connectivity index (χ1v) is 8.56. The number of fused-ring (bicyclic) bond motifs is 1. The lowest BCUT2D eigenvalue weighted by molar-refractivity contribution is 0.0980. The minimum Gasteiger partial charge on any atom is -0.337 e. The van der Waals surface area contributed by atoms with Gasteiger partial charge < -0.3 is 10.2 Å². The molecule has 4 rings (SSSR count). The molecule has 1 aliphatic rings. The monoisotopic (exact) mass is 366 g/mol. The lowest BCUT2D eigenvalue weighted by Gasteiger charge is -2.29. The summed E-state index contributed by atoms with van der Waals surface area (Å²) in [7, 11) is 0. The van der Waals surface area contributed by atoms with Crippen molar-refractivity contribution in [1.82, 2.24) is 9.97 Å². The molecule has 0 aliphatic carbocycles. The Balaban J connectivity index is 1.53. The summed E-state index contributed by atoms with van der Waals surface area (Å²) < 4.78 is 26.7. The second-order valence-corrected chi connectivity index (χ2v) is 6.23. The van der Waals surface area contributed by atoms with Gasteiger partial charge in [0, 0.05) is 18.3 Å². The summed E-state index contributed by atoms with van der Waals surface area (Å²) in [5, 5.41) is 2.72. The molecule has 0 spiro atoms. The van der Waals surface area contributed by atoms with Crippen LogP contribution in [0.25, 0.3) is 0 Å². The van der Waals surface area contributed by atoms with Gasteiger partial charge in [0.05, 0.1) is 18.1 Å². The molecule has 0 saturated carbocycles. The number of para-hydroxylation sites is 1. The third-order valence-corrected chi connectivity index (χ3v) is 4.42. The van der Waals surface area contributed by atoms with Crippen molar-refractivity contribution in [2.24, 2.45) is 0 Å². The fourth-order valence-corrected chi connectivity index (χ4v) is 3.11. The van der Waals surface area contributed by atoms with Gasteiger partial charge in [-0.2, -0.15) is 0 Å². The van der Waals surface area contributed by atoms with Gasteiger partial charge in [0.15, 0.2) is 0 Å². The molecule has 0 atom stereocenters. The summed E-state index contributed by atoms with van der Waals surface area (Å²) in [6.07, 6.45) is 4.53. The molecule has 2 aromatic carbocycles. The molecule has 27 heavy (non-hydrogen) atoms. The molecule has 0 bridgehead atoms. The van der Waals surface area contributed by atoms with Gasteiger partial charge in [-0.15, -0.1) is 0 Å². The number of nitrogens with one attached hydrogen (secondary N) is 1. The Labute approximate surface area is 154 Å². The Bertz CT molecular complexity index is 992. The molecule has 1 aliphatic heterocycles. The number of amides is 1. The van der Waals surface area contributed by atoms with Crippen molar-refractivity contribution in [2.45, 2.75) is 12.8 Å². The van der Waals surface area contributed by atoms with Gasteiger partial charge in [0.2, 0.25) is 0 Å². The molecule has 136 valence electrons. The van der Waals surface area contributed by atoms with Gasteiger partial charge in [-0.3, -0.25) is 4.79 Å². The van der Waals surface area contributed by atoms with Crippen molar-refractivity contribution in [3.05, 3.63) is 77.8 Å². The number of hydrogen-bond donors (Lipinski definition) is 1. The Morgan fingerprint density at radius 2 is 1.93 bits per heavy atom. The van der Waals surface area contributed by atoms with Gasteiger partial charge in [-0.25, -0.2) is 18.7 Å². The standard InChI is InChI=1S/C20H16F2N4O/c21-14-7-8-16(15(22)10-14)25-19-12-23-17(11-24-19)20(27)26-9-3-5-13-4-1-2-6-18(13)26/h1-2,4,6-8,10-12H,3,5,9H2,(H,24,25). The van der Waals surface area contributed by atoms with Gasteiger partial charge in [0.25, 0.3) is 5.91 Å². The maximum absolute atomic E-state index is 13.7. The molecular weight excluding hydrogens is 350 g/mol. The maximum atomic E-state index is 13.7. The second kappa shape index (κ2) is 7.11. The van der Waals surface area contributed by atoms with E-state index in [1.165, 1.54) is 18.5 Å². The smallest absolute Gasteiger partial charge is 0.278 e. The minimum absolute atomic E-state index is 0.0785. The highest BCUT2D eigenvalue weighted by Gasteiger charge is 2.24. The zero-order chi connectivity index (χ0) is 18.8. The number of aryl methyl sites for hydroxylation is 1. The zero-order valence-electron chi connectivity index (χ0n) is 14.3. The fourth-order valence-electron chi connectivity index (χ4n) is 3.11. The van der Waals surface area contributed by atoms with Crippen molar-refractivity contribution in [1.29, 1.82) is 0 Å². The van der Waals surface area contributed by atoms with Crippen LogP contribution in [0, 0.1) is 11.6 Å². The molecule has 0 fully saturated rings. The van der Waals surface area contributed by atoms with Gasteiger partial charge in [-0.1, -0.05) is 18.2 Å². The molecule has 1 aromatic heterocycles. The molecule has 0 saturated heterocycles. The van der Waals surface area contributed by atoms with Crippen LogP contribution in [0.4, 0.5) is 26.0 Å². The fraction of sp³-hybridized carbons (Fsp3) is 0.150. The molecule has 3 aromatic rings. The predicted molar refractivity (Wildman–Crippen MR) is 98.1 cm³/mol. The van der Waals surface area contributed by atoms with Crippen LogP contribution in [0.3, 0.4) is 0 Å². The maximum Gasteiger partial charge on any atom is 0.278 e. The lowest BCUT2D eigenvalue weighted by atomic mass is 10.0. The topological polar surface area (TPSA) is 58.1 Å². The Morgan fingerprint density at radius 1 is 1.07 bits per heavy atom. The SMILES string of the molecule is O=C(c1cnc(Nc2ccc(F)cc2F)cn1)N1CCCc2ccccc21. The average molecular weight is 366 g/mol. The van der Waals surface area contributed by atoms with Gasteiger partial charge in [-0.05, 0) is 36.6 Å². The highest BCUT2D eigenvalue weighted by Crippen LogP contribution is 2.28. The Hall–Kier alpha value is -3.35. The molecule has 7 heteroatoms. The van der Waals surface area contributed by atoms with Crippen molar-refractivity contribution < 1.29 is 13.6 Å². The van der Waals surface area contributed by atoms with E-state index in [9.17, 15) is 13.6 Å². The van der Waals surface area contributed by atoms with Crippen LogP contribution in [0.1, 0.15) is 22.5 Å². The number of carbonyl (C=O) groups excluding carboxylic acids is 1. The van der Waals surface area contributed by atoms with E-state index >= 15 is 0 Å². The zero-order valence-corrected chi connectivity index (χ0v) is 14.3. The second-order valence-electron chi connectivity index (χ2n) is 6.23. The van der Waals surface area contributed by atoms with Crippen LogP contribution in [-0.4, -0.2) is 22.4 Å². The first-order chi connectivity index (χ1) is 13.1. The normalized spacial score (nSPS) is 13.2. The van der Waals surface area contributed by atoms with E-state index in [4.69, 9.17) is 0 Å². The third-order valence-electron chi connectivity index (χ3n) is 4.42. The first-order valence-electron chi connectivity index (χ1n) is 8.56. The minimum atomic E-state index is -0.734. The van der Waals surface area contributed by atoms with Gasteiger partial charge in [0.1, 0.15) is 23.1 Å². The van der Waals surface area contributed by atoms with E-state index in [1.807, 2.05) is 24.3 Å². The number of carbonyl (C=O) groups is 1. The quantitative estimate of drug-likeness (QED) is 0.758. The van der Waals surface area contributed by atoms with Crippen LogP contribution in [0.2, 0.25) is 0 Å². The highest BCUT2D eigenvalue weighted by atomic mass is 19.1. The number of rotatable bonds is 3. The number of anilines is 3. The van der Waals surface area contributed by atoms with Crippen molar-refractivity contribution >= 4 is 23.1 Å². The number of aromatic nitrogens is 2. The Morgan fingerprint density at radius 3 is 2.70 bits per heavy atom. The summed E-state index contributed by atoms with van der Waals surface area (Å²) in [4.78, 5) is 22.8. The van der Waals surface area contributed by atoms with Crippen LogP contribution in [0.15, 0.2) is 54.9 Å². The van der Waals surface area contributed by atoms with E-state index in [0.29, 0.717) is 6.54 Å². The van der Waals surface area contributed by atoms with Crippen LogP contribution in [-0.2, 0) is 6.42 Å². The largest absolute Gasteiger partial charge is 0.337 e. The summed E-state index contributed by atoms with van der Waals surface area (Å²) >= 11 is 0.